The Morgan fingerprint density at radius 2 is 1.91 bits per heavy atom. The minimum absolute atomic E-state index is 0.0737. The predicted octanol–water partition coefficient (Wildman–Crippen LogP) is 3.67. The number of nitrogens with one attached hydrogen (secondary N) is 2. The molecule has 32 heavy (non-hydrogen) atoms. The van der Waals surface area contributed by atoms with Crippen molar-refractivity contribution >= 4 is 40.5 Å². The fraction of sp³-hybridized carbons (Fsp3) is 0.417. The van der Waals surface area contributed by atoms with Gasteiger partial charge in [-0.05, 0) is 50.2 Å². The molecule has 4 rings (SSSR count). The van der Waals surface area contributed by atoms with Crippen molar-refractivity contribution < 1.29 is 4.79 Å². The number of pyridine rings is 1. The Kier molecular flexibility index (Phi) is 7.55. The molecular weight excluding hydrogens is 445 g/mol. The fourth-order valence-corrected chi connectivity index (χ4v) is 4.72. The maximum Gasteiger partial charge on any atom is 0.229 e. The zero-order chi connectivity index (χ0) is 22.5. The molecule has 0 spiro atoms. The van der Waals surface area contributed by atoms with Crippen molar-refractivity contribution in [1.82, 2.24) is 20.5 Å². The van der Waals surface area contributed by atoms with Crippen molar-refractivity contribution in [1.29, 1.82) is 0 Å². The highest BCUT2D eigenvalue weighted by Gasteiger charge is 2.29. The summed E-state index contributed by atoms with van der Waals surface area (Å²) in [5.41, 5.74) is 3.06. The van der Waals surface area contributed by atoms with Crippen LogP contribution in [0.15, 0.2) is 48.8 Å². The van der Waals surface area contributed by atoms with Gasteiger partial charge in [0.25, 0.3) is 0 Å². The minimum atomic E-state index is -0.163. The van der Waals surface area contributed by atoms with Crippen molar-refractivity contribution in [3.05, 3.63) is 64.4 Å². The molecule has 1 amide bonds. The molecule has 8 heteroatoms. The average Bonchev–Trinajstić information content (AvgIpc) is 3.21. The lowest BCUT2D eigenvalue weighted by Gasteiger charge is -2.36. The Balaban J connectivity index is 1.19. The summed E-state index contributed by atoms with van der Waals surface area (Å²) in [6.07, 6.45) is 6.48. The van der Waals surface area contributed by atoms with Crippen LogP contribution in [0.25, 0.3) is 5.70 Å². The standard InChI is InChI=1S/C24H29Cl2N5O/c1-17-19(16-21(29-17)18-6-9-27-10-7-18)24(32)28-8-3-11-30-12-14-31(15-13-30)22-5-2-4-20(25)23(22)26/h2,4-7,9-10,16-17,19,29H,3,8,11-15H2,1H3,(H,28,32). The number of benzene rings is 1. The van der Waals surface area contributed by atoms with Crippen LogP contribution in [0.3, 0.4) is 0 Å². The van der Waals surface area contributed by atoms with Gasteiger partial charge in [0.15, 0.2) is 0 Å². The molecule has 1 aromatic heterocycles. The number of carbonyl (C=O) groups excluding carboxylic acids is 1. The smallest absolute Gasteiger partial charge is 0.229 e. The van der Waals surface area contributed by atoms with E-state index in [0.29, 0.717) is 16.6 Å². The van der Waals surface area contributed by atoms with E-state index in [0.717, 1.165) is 56.1 Å². The lowest BCUT2D eigenvalue weighted by atomic mass is 10.0. The molecular formula is C24H29Cl2N5O. The first-order valence-electron chi connectivity index (χ1n) is 11.1. The van der Waals surface area contributed by atoms with Crippen LogP contribution in [0.1, 0.15) is 18.9 Å². The van der Waals surface area contributed by atoms with Crippen molar-refractivity contribution in [2.24, 2.45) is 5.92 Å². The molecule has 6 nitrogen and oxygen atoms in total. The van der Waals surface area contributed by atoms with Crippen molar-refractivity contribution in [2.45, 2.75) is 19.4 Å². The number of aromatic nitrogens is 1. The maximum absolute atomic E-state index is 12.7. The number of piperazine rings is 1. The van der Waals surface area contributed by atoms with Gasteiger partial charge in [0.1, 0.15) is 0 Å². The first-order chi connectivity index (χ1) is 15.5. The second-order valence-electron chi connectivity index (χ2n) is 8.32. The van der Waals surface area contributed by atoms with Gasteiger partial charge in [-0.3, -0.25) is 14.7 Å². The van der Waals surface area contributed by atoms with E-state index in [-0.39, 0.29) is 17.9 Å². The molecule has 1 saturated heterocycles. The number of amides is 1. The summed E-state index contributed by atoms with van der Waals surface area (Å²) in [5, 5.41) is 7.74. The Morgan fingerprint density at radius 1 is 1.16 bits per heavy atom. The normalized spacial score (nSPS) is 21.2. The molecule has 2 unspecified atom stereocenters. The lowest BCUT2D eigenvalue weighted by Crippen LogP contribution is -2.47. The number of rotatable bonds is 7. The zero-order valence-corrected chi connectivity index (χ0v) is 19.7. The van der Waals surface area contributed by atoms with Gasteiger partial charge in [0, 0.05) is 62.4 Å². The first kappa shape index (κ1) is 22.9. The number of hydrogen-bond acceptors (Lipinski definition) is 5. The van der Waals surface area contributed by atoms with E-state index in [1.165, 1.54) is 0 Å². The molecule has 170 valence electrons. The molecule has 0 bridgehead atoms. The van der Waals surface area contributed by atoms with E-state index in [1.807, 2.05) is 43.3 Å². The maximum atomic E-state index is 12.7. The van der Waals surface area contributed by atoms with Crippen molar-refractivity contribution in [3.8, 4) is 0 Å². The topological polar surface area (TPSA) is 60.5 Å². The van der Waals surface area contributed by atoms with Crippen LogP contribution < -0.4 is 15.5 Å². The fourth-order valence-electron chi connectivity index (χ4n) is 4.30. The van der Waals surface area contributed by atoms with Crippen LogP contribution >= 0.6 is 23.2 Å². The predicted molar refractivity (Wildman–Crippen MR) is 131 cm³/mol. The Morgan fingerprint density at radius 3 is 2.66 bits per heavy atom. The minimum Gasteiger partial charge on any atom is -0.381 e. The largest absolute Gasteiger partial charge is 0.381 e. The van der Waals surface area contributed by atoms with Crippen molar-refractivity contribution in [2.75, 3.05) is 44.2 Å². The second-order valence-corrected chi connectivity index (χ2v) is 9.11. The van der Waals surface area contributed by atoms with E-state index in [1.54, 1.807) is 12.4 Å². The van der Waals surface area contributed by atoms with Gasteiger partial charge in [0.05, 0.1) is 21.7 Å². The molecule has 0 aliphatic carbocycles. The number of carbonyl (C=O) groups is 1. The van der Waals surface area contributed by atoms with Gasteiger partial charge >= 0.3 is 0 Å². The van der Waals surface area contributed by atoms with Gasteiger partial charge in [-0.2, -0.15) is 0 Å². The third kappa shape index (κ3) is 5.37. The average molecular weight is 474 g/mol. The molecule has 2 atom stereocenters. The summed E-state index contributed by atoms with van der Waals surface area (Å²) in [7, 11) is 0. The number of nitrogens with zero attached hydrogens (tertiary/aromatic N) is 3. The number of hydrogen-bond donors (Lipinski definition) is 2. The van der Waals surface area contributed by atoms with Gasteiger partial charge < -0.3 is 15.5 Å². The molecule has 1 fully saturated rings. The van der Waals surface area contributed by atoms with Crippen LogP contribution in [-0.4, -0.2) is 61.1 Å². The number of halogens is 2. The molecule has 2 aromatic rings. The van der Waals surface area contributed by atoms with E-state index < -0.39 is 0 Å². The molecule has 0 saturated carbocycles. The highest BCUT2D eigenvalue weighted by molar-refractivity contribution is 6.43. The van der Waals surface area contributed by atoms with Crippen LogP contribution in [-0.2, 0) is 4.79 Å². The zero-order valence-electron chi connectivity index (χ0n) is 18.2. The van der Waals surface area contributed by atoms with E-state index in [4.69, 9.17) is 23.2 Å². The lowest BCUT2D eigenvalue weighted by molar-refractivity contribution is -0.123. The first-order valence-corrected chi connectivity index (χ1v) is 11.9. The van der Waals surface area contributed by atoms with Crippen LogP contribution in [0.4, 0.5) is 5.69 Å². The molecule has 2 aliphatic rings. The summed E-state index contributed by atoms with van der Waals surface area (Å²) < 4.78 is 0. The molecule has 2 N–H and O–H groups in total. The summed E-state index contributed by atoms with van der Waals surface area (Å²) in [4.78, 5) is 21.5. The Labute approximate surface area is 199 Å². The summed E-state index contributed by atoms with van der Waals surface area (Å²) >= 11 is 12.5. The van der Waals surface area contributed by atoms with Crippen molar-refractivity contribution in [3.63, 3.8) is 0 Å². The second kappa shape index (κ2) is 10.6. The highest BCUT2D eigenvalue weighted by Crippen LogP contribution is 2.32. The molecule has 1 aromatic carbocycles. The molecule has 0 radical (unpaired) electrons. The summed E-state index contributed by atoms with van der Waals surface area (Å²) in [6.45, 7) is 7.46. The van der Waals surface area contributed by atoms with Gasteiger partial charge in [0.2, 0.25) is 5.91 Å². The van der Waals surface area contributed by atoms with Crippen LogP contribution in [0.5, 0.6) is 0 Å². The van der Waals surface area contributed by atoms with E-state index in [9.17, 15) is 4.79 Å². The monoisotopic (exact) mass is 473 g/mol. The van der Waals surface area contributed by atoms with Gasteiger partial charge in [-0.1, -0.05) is 29.3 Å². The third-order valence-electron chi connectivity index (χ3n) is 6.16. The van der Waals surface area contributed by atoms with Gasteiger partial charge in [-0.15, -0.1) is 0 Å². The molecule has 3 heterocycles. The quantitative estimate of drug-likeness (QED) is 0.600. The van der Waals surface area contributed by atoms with E-state index >= 15 is 0 Å². The van der Waals surface area contributed by atoms with E-state index in [2.05, 4.69) is 25.4 Å². The summed E-state index contributed by atoms with van der Waals surface area (Å²) in [6, 6.07) is 9.75. The highest BCUT2D eigenvalue weighted by atomic mass is 35.5. The van der Waals surface area contributed by atoms with Gasteiger partial charge in [-0.25, -0.2) is 0 Å². The number of anilines is 1. The molecule has 2 aliphatic heterocycles. The SMILES string of the molecule is CC1NC(c2ccncc2)=CC1C(=O)NCCCN1CCN(c2cccc(Cl)c2Cl)CC1. The summed E-state index contributed by atoms with van der Waals surface area (Å²) in [5.74, 6) is -0.0846. The van der Waals surface area contributed by atoms with Crippen LogP contribution in [0, 0.1) is 5.92 Å². The third-order valence-corrected chi connectivity index (χ3v) is 6.97. The Hall–Kier alpha value is -2.28. The van der Waals surface area contributed by atoms with Crippen LogP contribution in [0.2, 0.25) is 10.0 Å². The Bertz CT molecular complexity index is 960.